The Morgan fingerprint density at radius 1 is 0.750 bits per heavy atom. The molecule has 0 fully saturated rings. The number of ether oxygens (including phenoxy) is 2. The zero-order valence-electron chi connectivity index (χ0n) is 22.7. The van der Waals surface area contributed by atoms with Crippen LogP contribution in [0.25, 0.3) is 0 Å². The smallest absolute Gasteiger partial charge is 0.338 e. The van der Waals surface area contributed by atoms with E-state index in [4.69, 9.17) is 67.5 Å². The summed E-state index contributed by atoms with van der Waals surface area (Å²) in [5.41, 5.74) is 0.393. The molecule has 44 heavy (non-hydrogen) atoms. The first-order valence-electron chi connectivity index (χ1n) is 12.4. The molecule has 0 aliphatic heterocycles. The highest BCUT2D eigenvalue weighted by atomic mass is 35.5. The zero-order valence-corrected chi connectivity index (χ0v) is 27.3. The molecule has 4 aromatic rings. The standard InChI is InChI=1S/C30H21Cl5N2O6S/c1-42-19-13-20(43-2)18(12-17(19)31)37-29(39)27(14-6-4-3-5-7-14)44-16-10-8-15(9-11-16)36-28(38)21-22(30(40)41)24(33)26(35)25(34)23(21)32/h3-13,27H,1-2H3,(H,36,38)(H,37,39)(H,40,41). The zero-order chi connectivity index (χ0) is 32.1. The minimum atomic E-state index is -1.51. The van der Waals surface area contributed by atoms with Crippen molar-refractivity contribution in [1.29, 1.82) is 0 Å². The first-order valence-corrected chi connectivity index (χ1v) is 15.2. The predicted octanol–water partition coefficient (Wildman–Crippen LogP) is 9.39. The SMILES string of the molecule is COc1cc(OC)c(NC(=O)C(Sc2ccc(NC(=O)c3c(Cl)c(Cl)c(Cl)c(Cl)c3C(=O)O)cc2)c2ccccc2)cc1Cl. The Morgan fingerprint density at radius 3 is 1.91 bits per heavy atom. The molecule has 1 unspecified atom stereocenters. The molecular weight excluding hydrogens is 694 g/mol. The van der Waals surface area contributed by atoms with E-state index in [1.165, 1.54) is 26.0 Å². The van der Waals surface area contributed by atoms with E-state index in [9.17, 15) is 19.5 Å². The van der Waals surface area contributed by atoms with Crippen LogP contribution in [0.1, 0.15) is 31.5 Å². The summed E-state index contributed by atoms with van der Waals surface area (Å²) in [7, 11) is 2.94. The first kappa shape index (κ1) is 33.6. The molecule has 0 heterocycles. The maximum atomic E-state index is 13.6. The summed E-state index contributed by atoms with van der Waals surface area (Å²) >= 11 is 31.9. The molecule has 0 spiro atoms. The maximum absolute atomic E-state index is 13.6. The molecule has 3 N–H and O–H groups in total. The lowest BCUT2D eigenvalue weighted by Crippen LogP contribution is -2.19. The largest absolute Gasteiger partial charge is 0.495 e. The highest BCUT2D eigenvalue weighted by Gasteiger charge is 2.29. The number of nitrogens with one attached hydrogen (secondary N) is 2. The molecule has 0 aromatic heterocycles. The van der Waals surface area contributed by atoms with Crippen molar-refractivity contribution in [1.82, 2.24) is 0 Å². The van der Waals surface area contributed by atoms with Crippen LogP contribution in [0.4, 0.5) is 11.4 Å². The Labute approximate surface area is 281 Å². The van der Waals surface area contributed by atoms with E-state index in [1.54, 1.807) is 36.4 Å². The number of thioether (sulfide) groups is 1. The molecule has 2 amide bonds. The molecule has 4 aromatic carbocycles. The van der Waals surface area contributed by atoms with Gasteiger partial charge in [0.1, 0.15) is 16.7 Å². The molecule has 0 bridgehead atoms. The normalized spacial score (nSPS) is 11.4. The number of hydrogen-bond donors (Lipinski definition) is 3. The number of benzene rings is 4. The van der Waals surface area contributed by atoms with Gasteiger partial charge in [-0.05, 0) is 35.9 Å². The van der Waals surface area contributed by atoms with Crippen molar-refractivity contribution in [2.75, 3.05) is 24.9 Å². The molecular formula is C30H21Cl5N2O6S. The monoisotopic (exact) mass is 712 g/mol. The van der Waals surface area contributed by atoms with Gasteiger partial charge in [-0.1, -0.05) is 88.3 Å². The lowest BCUT2D eigenvalue weighted by atomic mass is 10.1. The van der Waals surface area contributed by atoms with Gasteiger partial charge in [-0.3, -0.25) is 9.59 Å². The summed E-state index contributed by atoms with van der Waals surface area (Å²) in [5, 5.41) is 13.4. The van der Waals surface area contributed by atoms with Crippen LogP contribution in [0.3, 0.4) is 0 Å². The van der Waals surface area contributed by atoms with E-state index in [2.05, 4.69) is 10.6 Å². The van der Waals surface area contributed by atoms with E-state index < -0.39 is 33.3 Å². The molecule has 0 saturated heterocycles. The van der Waals surface area contributed by atoms with Gasteiger partial charge >= 0.3 is 5.97 Å². The molecule has 14 heteroatoms. The van der Waals surface area contributed by atoms with Crippen molar-refractivity contribution in [2.45, 2.75) is 10.1 Å². The lowest BCUT2D eigenvalue weighted by Gasteiger charge is -2.19. The summed E-state index contributed by atoms with van der Waals surface area (Å²) in [6, 6.07) is 18.8. The van der Waals surface area contributed by atoms with Crippen LogP contribution >= 0.6 is 69.8 Å². The van der Waals surface area contributed by atoms with E-state index in [1.807, 2.05) is 30.3 Å². The molecule has 4 rings (SSSR count). The first-order chi connectivity index (χ1) is 21.0. The fraction of sp³-hybridized carbons (Fsp3) is 0.100. The number of anilines is 2. The molecule has 228 valence electrons. The number of carboxylic acid groups (broad SMARTS) is 1. The third kappa shape index (κ3) is 7.31. The number of carbonyl (C=O) groups excluding carboxylic acids is 2. The van der Waals surface area contributed by atoms with Crippen LogP contribution < -0.4 is 20.1 Å². The molecule has 0 radical (unpaired) electrons. The number of hydrogen-bond acceptors (Lipinski definition) is 6. The quantitative estimate of drug-likeness (QED) is 0.0852. The van der Waals surface area contributed by atoms with Gasteiger partial charge in [0.25, 0.3) is 5.91 Å². The highest BCUT2D eigenvalue weighted by molar-refractivity contribution is 8.00. The number of methoxy groups -OCH3 is 2. The van der Waals surface area contributed by atoms with E-state index in [0.717, 1.165) is 5.56 Å². The molecule has 0 saturated carbocycles. The second kappa shape index (κ2) is 14.6. The van der Waals surface area contributed by atoms with Crippen molar-refractivity contribution in [2.24, 2.45) is 0 Å². The number of rotatable bonds is 10. The Morgan fingerprint density at radius 2 is 1.34 bits per heavy atom. The topological polar surface area (TPSA) is 114 Å². The van der Waals surface area contributed by atoms with Gasteiger partial charge in [0.2, 0.25) is 5.91 Å². The maximum Gasteiger partial charge on any atom is 0.338 e. The van der Waals surface area contributed by atoms with Gasteiger partial charge in [-0.25, -0.2) is 4.79 Å². The second-order valence-corrected chi connectivity index (χ2v) is 12.0. The molecule has 0 aliphatic rings. The lowest BCUT2D eigenvalue weighted by molar-refractivity contribution is -0.115. The Kier molecular flexibility index (Phi) is 11.2. The predicted molar refractivity (Wildman–Crippen MR) is 176 cm³/mol. The van der Waals surface area contributed by atoms with Crippen LogP contribution in [0, 0.1) is 0 Å². The number of carboxylic acids is 1. The van der Waals surface area contributed by atoms with Crippen molar-refractivity contribution in [3.8, 4) is 11.5 Å². The molecule has 1 atom stereocenters. The van der Waals surface area contributed by atoms with Crippen LogP contribution in [-0.2, 0) is 4.79 Å². The third-order valence-corrected chi connectivity index (χ3v) is 9.51. The molecule has 8 nitrogen and oxygen atoms in total. The van der Waals surface area contributed by atoms with Gasteiger partial charge in [-0.2, -0.15) is 0 Å². The number of carbonyl (C=O) groups is 3. The van der Waals surface area contributed by atoms with Crippen LogP contribution in [-0.4, -0.2) is 37.1 Å². The average molecular weight is 715 g/mol. The minimum Gasteiger partial charge on any atom is -0.495 e. The fourth-order valence-corrected chi connectivity index (χ4v) is 6.33. The second-order valence-electron chi connectivity index (χ2n) is 8.87. The summed E-state index contributed by atoms with van der Waals surface area (Å²) in [5.74, 6) is -1.95. The Bertz CT molecular complexity index is 1740. The van der Waals surface area contributed by atoms with Crippen molar-refractivity contribution in [3.63, 3.8) is 0 Å². The number of aromatic carboxylic acids is 1. The van der Waals surface area contributed by atoms with Gasteiger partial charge in [0.15, 0.2) is 0 Å². The summed E-state index contributed by atoms with van der Waals surface area (Å²) < 4.78 is 10.6. The van der Waals surface area contributed by atoms with Crippen LogP contribution in [0.5, 0.6) is 11.5 Å². The van der Waals surface area contributed by atoms with Crippen LogP contribution in [0.15, 0.2) is 71.6 Å². The number of amides is 2. The Hall–Kier alpha value is -3.31. The minimum absolute atomic E-state index is 0.250. The van der Waals surface area contributed by atoms with E-state index >= 15 is 0 Å². The van der Waals surface area contributed by atoms with E-state index in [-0.39, 0.29) is 21.0 Å². The Balaban J connectivity index is 1.58. The summed E-state index contributed by atoms with van der Waals surface area (Å²) in [4.78, 5) is 39.2. The van der Waals surface area contributed by atoms with Gasteiger partial charge < -0.3 is 25.2 Å². The number of halogens is 5. The van der Waals surface area contributed by atoms with Gasteiger partial charge in [0.05, 0.1) is 56.1 Å². The molecule has 0 aliphatic carbocycles. The van der Waals surface area contributed by atoms with Crippen molar-refractivity contribution >= 4 is 98.9 Å². The summed E-state index contributed by atoms with van der Waals surface area (Å²) in [6.07, 6.45) is 0. The van der Waals surface area contributed by atoms with Gasteiger partial charge in [-0.15, -0.1) is 11.8 Å². The fourth-order valence-electron chi connectivity index (χ4n) is 4.05. The van der Waals surface area contributed by atoms with Crippen molar-refractivity contribution in [3.05, 3.63) is 109 Å². The van der Waals surface area contributed by atoms with E-state index in [0.29, 0.717) is 32.8 Å². The van der Waals surface area contributed by atoms with Crippen molar-refractivity contribution < 1.29 is 29.0 Å². The third-order valence-electron chi connectivity index (χ3n) is 6.15. The van der Waals surface area contributed by atoms with Crippen LogP contribution in [0.2, 0.25) is 25.1 Å². The highest BCUT2D eigenvalue weighted by Crippen LogP contribution is 2.43. The summed E-state index contributed by atoms with van der Waals surface area (Å²) in [6.45, 7) is 0. The van der Waals surface area contributed by atoms with Gasteiger partial charge in [0, 0.05) is 16.6 Å². The average Bonchev–Trinajstić information content (AvgIpc) is 3.01.